The maximum absolute atomic E-state index is 4.46. The lowest BCUT2D eigenvalue weighted by atomic mass is 10.1. The highest BCUT2D eigenvalue weighted by atomic mass is 79.9. The number of thiophene rings is 1. The number of nitrogens with zero attached hydrogens (tertiary/aromatic N) is 2. The highest BCUT2D eigenvalue weighted by Gasteiger charge is 2.18. The zero-order valence-corrected chi connectivity index (χ0v) is 13.4. The fourth-order valence-corrected chi connectivity index (χ4v) is 3.80. The zero-order valence-electron chi connectivity index (χ0n) is 11.0. The molecule has 0 fully saturated rings. The Morgan fingerprint density at radius 2 is 2.05 bits per heavy atom. The Morgan fingerprint density at radius 1 is 1.25 bits per heavy atom. The van der Waals surface area contributed by atoms with Gasteiger partial charge in [-0.05, 0) is 47.2 Å². The van der Waals surface area contributed by atoms with Gasteiger partial charge in [0.05, 0.1) is 17.4 Å². The third-order valence-electron chi connectivity index (χ3n) is 3.13. The van der Waals surface area contributed by atoms with Crippen LogP contribution < -0.4 is 5.32 Å². The van der Waals surface area contributed by atoms with Gasteiger partial charge in [0.15, 0.2) is 0 Å². The maximum atomic E-state index is 4.46. The van der Waals surface area contributed by atoms with Crippen molar-refractivity contribution in [1.82, 2.24) is 15.1 Å². The first-order valence-corrected chi connectivity index (χ1v) is 7.97. The minimum absolute atomic E-state index is 0.133. The SMILES string of the molecule is CNC(c1cc(Br)cs1)c1ccnn1-c1ccccc1. The molecule has 5 heteroatoms. The summed E-state index contributed by atoms with van der Waals surface area (Å²) in [7, 11) is 1.97. The Kier molecular flexibility index (Phi) is 4.00. The van der Waals surface area contributed by atoms with Crippen LogP contribution in [0.3, 0.4) is 0 Å². The van der Waals surface area contributed by atoms with E-state index in [1.54, 1.807) is 11.3 Å². The third kappa shape index (κ3) is 2.57. The first kappa shape index (κ1) is 13.5. The van der Waals surface area contributed by atoms with Gasteiger partial charge in [-0.2, -0.15) is 5.10 Å². The molecule has 0 spiro atoms. The van der Waals surface area contributed by atoms with Crippen LogP contribution in [0.1, 0.15) is 16.6 Å². The minimum Gasteiger partial charge on any atom is -0.307 e. The molecule has 0 radical (unpaired) electrons. The molecule has 0 aliphatic heterocycles. The first-order valence-electron chi connectivity index (χ1n) is 6.30. The predicted molar refractivity (Wildman–Crippen MR) is 86.5 cm³/mol. The van der Waals surface area contributed by atoms with Gasteiger partial charge in [0, 0.05) is 20.9 Å². The van der Waals surface area contributed by atoms with Crippen molar-refractivity contribution in [1.29, 1.82) is 0 Å². The van der Waals surface area contributed by atoms with Crippen LogP contribution in [0.15, 0.2) is 58.5 Å². The molecule has 102 valence electrons. The lowest BCUT2D eigenvalue weighted by Gasteiger charge is -2.16. The van der Waals surface area contributed by atoms with Gasteiger partial charge in [0.25, 0.3) is 0 Å². The molecule has 3 nitrogen and oxygen atoms in total. The topological polar surface area (TPSA) is 29.9 Å². The van der Waals surface area contributed by atoms with Crippen molar-refractivity contribution in [2.24, 2.45) is 0 Å². The Morgan fingerprint density at radius 3 is 2.70 bits per heavy atom. The van der Waals surface area contributed by atoms with Gasteiger partial charge in [0.2, 0.25) is 0 Å². The second-order valence-electron chi connectivity index (χ2n) is 4.39. The van der Waals surface area contributed by atoms with E-state index in [9.17, 15) is 0 Å². The number of para-hydroxylation sites is 1. The number of hydrogen-bond donors (Lipinski definition) is 1. The molecule has 0 aliphatic carbocycles. The fraction of sp³-hybridized carbons (Fsp3) is 0.133. The molecule has 3 rings (SSSR count). The number of hydrogen-bond acceptors (Lipinski definition) is 3. The van der Waals surface area contributed by atoms with Gasteiger partial charge in [-0.1, -0.05) is 18.2 Å². The zero-order chi connectivity index (χ0) is 13.9. The summed E-state index contributed by atoms with van der Waals surface area (Å²) in [5, 5.41) is 9.93. The molecule has 2 aromatic heterocycles. The van der Waals surface area contributed by atoms with E-state index in [1.807, 2.05) is 36.1 Å². The van der Waals surface area contributed by atoms with Crippen molar-refractivity contribution in [2.75, 3.05) is 7.05 Å². The highest BCUT2D eigenvalue weighted by molar-refractivity contribution is 9.10. The molecule has 1 N–H and O–H groups in total. The van der Waals surface area contributed by atoms with Crippen LogP contribution >= 0.6 is 27.3 Å². The Labute approximate surface area is 130 Å². The van der Waals surface area contributed by atoms with E-state index >= 15 is 0 Å². The van der Waals surface area contributed by atoms with Gasteiger partial charge in [-0.25, -0.2) is 4.68 Å². The molecular weight excluding hydrogens is 334 g/mol. The van der Waals surface area contributed by atoms with Crippen molar-refractivity contribution in [3.05, 3.63) is 69.1 Å². The molecule has 0 amide bonds. The standard InChI is InChI=1S/C15H14BrN3S/c1-17-15(14-9-11(16)10-20-14)13-7-8-18-19(13)12-5-3-2-4-6-12/h2-10,15,17H,1H3. The second kappa shape index (κ2) is 5.91. The smallest absolute Gasteiger partial charge is 0.0844 e. The van der Waals surface area contributed by atoms with Crippen LogP contribution in [-0.2, 0) is 0 Å². The molecule has 3 aromatic rings. The Hall–Kier alpha value is -1.43. The minimum atomic E-state index is 0.133. The van der Waals surface area contributed by atoms with Gasteiger partial charge in [-0.3, -0.25) is 0 Å². The predicted octanol–water partition coefficient (Wildman–Crippen LogP) is 4.01. The van der Waals surface area contributed by atoms with Crippen molar-refractivity contribution in [2.45, 2.75) is 6.04 Å². The summed E-state index contributed by atoms with van der Waals surface area (Å²) in [5.74, 6) is 0. The average Bonchev–Trinajstić information content (AvgIpc) is 3.11. The molecule has 2 heterocycles. The summed E-state index contributed by atoms with van der Waals surface area (Å²) >= 11 is 5.25. The Balaban J connectivity index is 2.04. The normalized spacial score (nSPS) is 12.5. The van der Waals surface area contributed by atoms with E-state index in [4.69, 9.17) is 0 Å². The first-order chi connectivity index (χ1) is 9.79. The summed E-state index contributed by atoms with van der Waals surface area (Å²) in [4.78, 5) is 1.26. The van der Waals surface area contributed by atoms with Crippen molar-refractivity contribution >= 4 is 27.3 Å². The highest BCUT2D eigenvalue weighted by Crippen LogP contribution is 2.30. The van der Waals surface area contributed by atoms with Gasteiger partial charge < -0.3 is 5.32 Å². The number of rotatable bonds is 4. The summed E-state index contributed by atoms with van der Waals surface area (Å²) in [5.41, 5.74) is 2.21. The van der Waals surface area contributed by atoms with Crippen LogP contribution in [-0.4, -0.2) is 16.8 Å². The quantitative estimate of drug-likeness (QED) is 0.772. The molecule has 20 heavy (non-hydrogen) atoms. The summed E-state index contributed by atoms with van der Waals surface area (Å²) in [6.45, 7) is 0. The maximum Gasteiger partial charge on any atom is 0.0844 e. The van der Waals surface area contributed by atoms with Gasteiger partial charge in [0.1, 0.15) is 0 Å². The molecule has 1 atom stereocenters. The van der Waals surface area contributed by atoms with Crippen LogP contribution in [0, 0.1) is 0 Å². The third-order valence-corrected chi connectivity index (χ3v) is 4.89. The van der Waals surface area contributed by atoms with E-state index < -0.39 is 0 Å². The molecule has 1 aromatic carbocycles. The molecule has 0 aliphatic rings. The summed E-state index contributed by atoms with van der Waals surface area (Å²) in [6.07, 6.45) is 1.84. The van der Waals surface area contributed by atoms with Crippen LogP contribution in [0.5, 0.6) is 0 Å². The number of benzene rings is 1. The molecule has 0 bridgehead atoms. The average molecular weight is 348 g/mol. The van der Waals surface area contributed by atoms with E-state index in [-0.39, 0.29) is 6.04 Å². The largest absolute Gasteiger partial charge is 0.307 e. The lowest BCUT2D eigenvalue weighted by Crippen LogP contribution is -2.20. The van der Waals surface area contributed by atoms with E-state index in [0.29, 0.717) is 0 Å². The van der Waals surface area contributed by atoms with Crippen LogP contribution in [0.25, 0.3) is 5.69 Å². The van der Waals surface area contributed by atoms with Crippen molar-refractivity contribution in [3.63, 3.8) is 0 Å². The fourth-order valence-electron chi connectivity index (χ4n) is 2.23. The van der Waals surface area contributed by atoms with Gasteiger partial charge >= 0.3 is 0 Å². The Bertz CT molecular complexity index is 690. The molecule has 1 unspecified atom stereocenters. The summed E-state index contributed by atoms with van der Waals surface area (Å²) < 4.78 is 3.10. The van der Waals surface area contributed by atoms with E-state index in [1.165, 1.54) is 4.88 Å². The van der Waals surface area contributed by atoms with Gasteiger partial charge in [-0.15, -0.1) is 11.3 Å². The van der Waals surface area contributed by atoms with Crippen molar-refractivity contribution in [3.8, 4) is 5.69 Å². The van der Waals surface area contributed by atoms with Crippen LogP contribution in [0.4, 0.5) is 0 Å². The number of nitrogens with one attached hydrogen (secondary N) is 1. The molecule has 0 saturated carbocycles. The van der Waals surface area contributed by atoms with E-state index in [2.05, 4.69) is 56.0 Å². The monoisotopic (exact) mass is 347 g/mol. The molecular formula is C15H14BrN3S. The van der Waals surface area contributed by atoms with E-state index in [0.717, 1.165) is 15.9 Å². The second-order valence-corrected chi connectivity index (χ2v) is 6.25. The lowest BCUT2D eigenvalue weighted by molar-refractivity contribution is 0.646. The van der Waals surface area contributed by atoms with Crippen molar-refractivity contribution < 1.29 is 0 Å². The number of aromatic nitrogens is 2. The van der Waals surface area contributed by atoms with Crippen LogP contribution in [0.2, 0.25) is 0 Å². The summed E-state index contributed by atoms with van der Waals surface area (Å²) in [6, 6.07) is 14.5. The molecule has 0 saturated heterocycles. The number of halogens is 1.